The number of benzene rings is 2. The van der Waals surface area contributed by atoms with Gasteiger partial charge in [-0.3, -0.25) is 10.2 Å². The van der Waals surface area contributed by atoms with E-state index in [0.29, 0.717) is 13.1 Å². The van der Waals surface area contributed by atoms with E-state index in [0.717, 1.165) is 38.5 Å². The first-order valence-electron chi connectivity index (χ1n) is 11.8. The molecule has 8 nitrogen and oxygen atoms in total. The molecule has 0 aliphatic heterocycles. The van der Waals surface area contributed by atoms with Gasteiger partial charge in [-0.05, 0) is 68.4 Å². The smallest absolute Gasteiger partial charge is 0.426 e. The highest BCUT2D eigenvalue weighted by atomic mass is 32.2. The van der Waals surface area contributed by atoms with Crippen LogP contribution in [0.5, 0.6) is 0 Å². The molecule has 34 heavy (non-hydrogen) atoms. The van der Waals surface area contributed by atoms with Gasteiger partial charge in [0, 0.05) is 18.7 Å². The Balaban J connectivity index is 1.72. The molecule has 0 atom stereocenters. The number of ether oxygens (including phenoxy) is 1. The summed E-state index contributed by atoms with van der Waals surface area (Å²) >= 11 is 0. The number of carbonyl (C=O) groups is 2. The van der Waals surface area contributed by atoms with E-state index in [2.05, 4.69) is 23.0 Å². The molecule has 2 aromatic rings. The molecule has 0 bridgehead atoms. The Morgan fingerprint density at radius 3 is 2.12 bits per heavy atom. The summed E-state index contributed by atoms with van der Waals surface area (Å²) in [5.41, 5.74) is 5.98. The maximum Gasteiger partial charge on any atom is 0.426 e. The number of sulfonamides is 1. The molecule has 2 rings (SSSR count). The molecule has 2 N–H and O–H groups in total. The number of carbonyl (C=O) groups excluding carboxylic acids is 2. The molecule has 0 heterocycles. The molecule has 0 saturated carbocycles. The van der Waals surface area contributed by atoms with Gasteiger partial charge in [-0.15, -0.1) is 0 Å². The molecule has 0 unspecified atom stereocenters. The summed E-state index contributed by atoms with van der Waals surface area (Å²) in [7, 11) is -3.61. The van der Waals surface area contributed by atoms with Gasteiger partial charge in [0.15, 0.2) is 0 Å². The van der Waals surface area contributed by atoms with Crippen molar-refractivity contribution >= 4 is 22.0 Å². The van der Waals surface area contributed by atoms with Crippen LogP contribution in [0, 0.1) is 0 Å². The number of hydrazine groups is 1. The summed E-state index contributed by atoms with van der Waals surface area (Å²) in [5.74, 6) is -0.567. The third kappa shape index (κ3) is 8.79. The molecule has 0 spiro atoms. The first-order valence-corrected chi connectivity index (χ1v) is 13.2. The number of amides is 2. The number of hydrogen-bond donors (Lipinski definition) is 2. The van der Waals surface area contributed by atoms with Gasteiger partial charge in [-0.2, -0.15) is 4.31 Å². The van der Waals surface area contributed by atoms with Crippen LogP contribution in [0.2, 0.25) is 0 Å². The summed E-state index contributed by atoms with van der Waals surface area (Å²) in [6.07, 6.45) is 4.34. The summed E-state index contributed by atoms with van der Waals surface area (Å²) in [5, 5.41) is 0. The van der Waals surface area contributed by atoms with Crippen LogP contribution in [0.1, 0.15) is 61.9 Å². The van der Waals surface area contributed by atoms with E-state index in [1.165, 1.54) is 34.1 Å². The number of aryl methyl sites for hydroxylation is 1. The Kier molecular flexibility index (Phi) is 11.6. The normalized spacial score (nSPS) is 11.3. The van der Waals surface area contributed by atoms with Crippen LogP contribution in [0.25, 0.3) is 0 Å². The van der Waals surface area contributed by atoms with Crippen LogP contribution >= 0.6 is 0 Å². The molecule has 2 amide bonds. The minimum Gasteiger partial charge on any atom is -0.448 e. The van der Waals surface area contributed by atoms with E-state index < -0.39 is 22.0 Å². The van der Waals surface area contributed by atoms with E-state index in [-0.39, 0.29) is 17.1 Å². The van der Waals surface area contributed by atoms with Gasteiger partial charge in [-0.25, -0.2) is 18.6 Å². The first-order chi connectivity index (χ1) is 16.4. The predicted molar refractivity (Wildman–Crippen MR) is 132 cm³/mol. The van der Waals surface area contributed by atoms with Crippen LogP contribution in [0.3, 0.4) is 0 Å². The second kappa shape index (κ2) is 14.4. The fraction of sp³-hybridized carbons (Fsp3) is 0.440. The molecule has 0 aliphatic rings. The lowest BCUT2D eigenvalue weighted by Crippen LogP contribution is -2.42. The van der Waals surface area contributed by atoms with Crippen molar-refractivity contribution in [3.05, 3.63) is 65.7 Å². The lowest BCUT2D eigenvalue weighted by Gasteiger charge is -2.21. The van der Waals surface area contributed by atoms with Gasteiger partial charge < -0.3 is 4.74 Å². The van der Waals surface area contributed by atoms with Crippen LogP contribution < -0.4 is 10.9 Å². The van der Waals surface area contributed by atoms with Crippen LogP contribution in [-0.4, -0.2) is 44.4 Å². The Hall–Kier alpha value is -2.91. The van der Waals surface area contributed by atoms with Crippen molar-refractivity contribution < 1.29 is 22.7 Å². The molecule has 0 aromatic heterocycles. The summed E-state index contributed by atoms with van der Waals surface area (Å²) < 4.78 is 32.1. The van der Waals surface area contributed by atoms with Crippen LogP contribution in [0.4, 0.5) is 4.79 Å². The minimum atomic E-state index is -3.61. The van der Waals surface area contributed by atoms with Crippen molar-refractivity contribution in [3.63, 3.8) is 0 Å². The Labute approximate surface area is 202 Å². The maximum absolute atomic E-state index is 12.8. The molecule has 2 aromatic carbocycles. The third-order valence-corrected chi connectivity index (χ3v) is 7.08. The average Bonchev–Trinajstić information content (AvgIpc) is 2.85. The fourth-order valence-electron chi connectivity index (χ4n) is 3.41. The topological polar surface area (TPSA) is 105 Å². The zero-order valence-corrected chi connectivity index (χ0v) is 20.8. The Morgan fingerprint density at radius 1 is 0.853 bits per heavy atom. The monoisotopic (exact) mass is 489 g/mol. The second-order valence-electron chi connectivity index (χ2n) is 7.94. The SMILES string of the molecule is CCCN(CCC)S(=O)(=O)c1ccc(C(=O)NNC(=O)OCCCCCc2ccccc2)cc1. The van der Waals surface area contributed by atoms with Gasteiger partial charge in [-0.1, -0.05) is 44.2 Å². The largest absolute Gasteiger partial charge is 0.448 e. The lowest BCUT2D eigenvalue weighted by atomic mass is 10.1. The van der Waals surface area contributed by atoms with Gasteiger partial charge >= 0.3 is 6.09 Å². The number of nitrogens with zero attached hydrogens (tertiary/aromatic N) is 1. The lowest BCUT2D eigenvalue weighted by molar-refractivity contribution is 0.0908. The Bertz CT molecular complexity index is 989. The number of nitrogens with one attached hydrogen (secondary N) is 2. The summed E-state index contributed by atoms with van der Waals surface area (Å²) in [4.78, 5) is 24.2. The molecule has 0 aliphatic carbocycles. The van der Waals surface area contributed by atoms with E-state index in [4.69, 9.17) is 4.74 Å². The number of rotatable bonds is 13. The van der Waals surface area contributed by atoms with Crippen molar-refractivity contribution in [1.82, 2.24) is 15.2 Å². The molecule has 0 radical (unpaired) electrons. The highest BCUT2D eigenvalue weighted by molar-refractivity contribution is 7.89. The fourth-order valence-corrected chi connectivity index (χ4v) is 5.04. The maximum atomic E-state index is 12.8. The zero-order chi connectivity index (χ0) is 24.8. The van der Waals surface area contributed by atoms with Gasteiger partial charge in [0.25, 0.3) is 5.91 Å². The molecular weight excluding hydrogens is 454 g/mol. The predicted octanol–water partition coefficient (Wildman–Crippen LogP) is 4.28. The zero-order valence-electron chi connectivity index (χ0n) is 20.0. The molecule has 0 fully saturated rings. The van der Waals surface area contributed by atoms with Gasteiger partial charge in [0.1, 0.15) is 0 Å². The summed E-state index contributed by atoms with van der Waals surface area (Å²) in [6, 6.07) is 15.8. The molecule has 186 valence electrons. The van der Waals surface area contributed by atoms with Crippen molar-refractivity contribution in [2.45, 2.75) is 57.3 Å². The summed E-state index contributed by atoms with van der Waals surface area (Å²) in [6.45, 7) is 5.00. The average molecular weight is 490 g/mol. The van der Waals surface area contributed by atoms with Crippen molar-refractivity contribution in [2.24, 2.45) is 0 Å². The standard InChI is InChI=1S/C25H35N3O5S/c1-3-18-28(19-4-2)34(31,32)23-16-14-22(15-17-23)24(29)26-27-25(30)33-20-10-6-9-13-21-11-7-5-8-12-21/h5,7-8,11-12,14-17H,3-4,6,9-10,13,18-20H2,1-2H3,(H,26,29)(H,27,30). The van der Waals surface area contributed by atoms with Crippen LogP contribution in [0.15, 0.2) is 59.5 Å². The van der Waals surface area contributed by atoms with Crippen molar-refractivity contribution in [3.8, 4) is 0 Å². The first kappa shape index (κ1) is 27.3. The van der Waals surface area contributed by atoms with Crippen molar-refractivity contribution in [1.29, 1.82) is 0 Å². The Morgan fingerprint density at radius 2 is 1.50 bits per heavy atom. The molecule has 0 saturated heterocycles. The van der Waals surface area contributed by atoms with E-state index in [1.807, 2.05) is 32.0 Å². The third-order valence-electron chi connectivity index (χ3n) is 5.16. The highest BCUT2D eigenvalue weighted by Crippen LogP contribution is 2.17. The molecular formula is C25H35N3O5S. The van der Waals surface area contributed by atoms with Gasteiger partial charge in [0.05, 0.1) is 11.5 Å². The van der Waals surface area contributed by atoms with E-state index >= 15 is 0 Å². The van der Waals surface area contributed by atoms with Gasteiger partial charge in [0.2, 0.25) is 10.0 Å². The van der Waals surface area contributed by atoms with Crippen molar-refractivity contribution in [2.75, 3.05) is 19.7 Å². The highest BCUT2D eigenvalue weighted by Gasteiger charge is 2.23. The number of hydrogen-bond acceptors (Lipinski definition) is 5. The second-order valence-corrected chi connectivity index (χ2v) is 9.88. The number of unbranched alkanes of at least 4 members (excludes halogenated alkanes) is 2. The van der Waals surface area contributed by atoms with Crippen LogP contribution in [-0.2, 0) is 21.2 Å². The van der Waals surface area contributed by atoms with E-state index in [9.17, 15) is 18.0 Å². The van der Waals surface area contributed by atoms with E-state index in [1.54, 1.807) is 0 Å². The molecule has 9 heteroatoms. The minimum absolute atomic E-state index is 0.130. The quantitative estimate of drug-likeness (QED) is 0.323.